The van der Waals surface area contributed by atoms with Gasteiger partial charge in [0.2, 0.25) is 5.79 Å². The van der Waals surface area contributed by atoms with Gasteiger partial charge < -0.3 is 14.6 Å². The molecule has 0 bridgehead atoms. The number of benzene rings is 1. The van der Waals surface area contributed by atoms with Gasteiger partial charge in [-0.25, -0.2) is 0 Å². The number of hydrogen-bond acceptors (Lipinski definition) is 4. The number of ether oxygens (including phenoxy) is 2. The van der Waals surface area contributed by atoms with E-state index in [2.05, 4.69) is 15.9 Å². The Morgan fingerprint density at radius 3 is 2.95 bits per heavy atom. The Balaban J connectivity index is 2.18. The predicted molar refractivity (Wildman–Crippen MR) is 76.5 cm³/mol. The van der Waals surface area contributed by atoms with Gasteiger partial charge in [0, 0.05) is 16.5 Å². The average Bonchev–Trinajstić information content (AvgIpc) is 2.68. The summed E-state index contributed by atoms with van der Waals surface area (Å²) in [5.74, 6) is -1.30. The van der Waals surface area contributed by atoms with Gasteiger partial charge in [0.1, 0.15) is 5.75 Å². The van der Waals surface area contributed by atoms with Gasteiger partial charge in [-0.3, -0.25) is 4.79 Å². The minimum Gasteiger partial charge on any atom is -0.465 e. The molecule has 1 aliphatic carbocycles. The van der Waals surface area contributed by atoms with Crippen LogP contribution < -0.4 is 4.74 Å². The van der Waals surface area contributed by atoms with Crippen LogP contribution in [0.2, 0.25) is 0 Å². The Bertz CT molecular complexity index is 559. The highest BCUT2D eigenvalue weighted by Crippen LogP contribution is 2.56. The predicted octanol–water partition coefficient (Wildman–Crippen LogP) is 2.91. The molecule has 1 aromatic carbocycles. The van der Waals surface area contributed by atoms with Crippen LogP contribution in [0.15, 0.2) is 22.7 Å². The van der Waals surface area contributed by atoms with Crippen molar-refractivity contribution in [1.82, 2.24) is 0 Å². The topological polar surface area (TPSA) is 55.8 Å². The molecule has 1 aliphatic heterocycles. The molecular weight excluding hydrogens is 324 g/mol. The van der Waals surface area contributed by atoms with E-state index in [1.165, 1.54) is 0 Å². The largest absolute Gasteiger partial charge is 0.465 e. The molecular formula is C15H17BrO4. The molecule has 1 heterocycles. The molecule has 0 aromatic heterocycles. The van der Waals surface area contributed by atoms with E-state index in [-0.39, 0.29) is 5.97 Å². The summed E-state index contributed by atoms with van der Waals surface area (Å²) in [6.45, 7) is 2.06. The lowest BCUT2D eigenvalue weighted by atomic mass is 9.66. The normalized spacial score (nSPS) is 31.1. The van der Waals surface area contributed by atoms with Crippen molar-refractivity contribution in [3.05, 3.63) is 28.2 Å². The molecule has 1 fully saturated rings. The van der Waals surface area contributed by atoms with Crippen LogP contribution >= 0.6 is 15.9 Å². The molecule has 0 saturated heterocycles. The summed E-state index contributed by atoms with van der Waals surface area (Å²) in [6, 6.07) is 5.49. The molecule has 0 radical (unpaired) electrons. The van der Waals surface area contributed by atoms with Crippen LogP contribution in [0.4, 0.5) is 0 Å². The summed E-state index contributed by atoms with van der Waals surface area (Å²) in [6.07, 6.45) is 2.70. The molecule has 2 atom stereocenters. The second-order valence-electron chi connectivity index (χ2n) is 5.36. The SMILES string of the molecule is CCOC(=O)[C@@]12CCCC[C@]1(O)Oc1ccc(Br)cc12. The van der Waals surface area contributed by atoms with Crippen LogP contribution in [0.1, 0.15) is 38.2 Å². The third-order valence-electron chi connectivity index (χ3n) is 4.29. The Morgan fingerprint density at radius 2 is 2.20 bits per heavy atom. The molecule has 2 aliphatic rings. The van der Waals surface area contributed by atoms with E-state index in [0.29, 0.717) is 25.2 Å². The van der Waals surface area contributed by atoms with Gasteiger partial charge in [-0.2, -0.15) is 0 Å². The van der Waals surface area contributed by atoms with Crippen molar-refractivity contribution >= 4 is 21.9 Å². The van der Waals surface area contributed by atoms with E-state index >= 15 is 0 Å². The maximum atomic E-state index is 12.6. The standard InChI is InChI=1S/C15H17BrO4/c1-2-19-13(17)14-7-3-4-8-15(14,18)20-12-6-5-10(16)9-11(12)14/h5-6,9,18H,2-4,7-8H2,1H3/t14-,15-/m0/s1. The van der Waals surface area contributed by atoms with Gasteiger partial charge in [0.15, 0.2) is 5.41 Å². The van der Waals surface area contributed by atoms with E-state index in [4.69, 9.17) is 9.47 Å². The van der Waals surface area contributed by atoms with Gasteiger partial charge in [0.05, 0.1) is 6.61 Å². The highest BCUT2D eigenvalue weighted by atomic mass is 79.9. The van der Waals surface area contributed by atoms with E-state index in [9.17, 15) is 9.90 Å². The number of carbonyl (C=O) groups is 1. The van der Waals surface area contributed by atoms with Crippen LogP contribution in [0.5, 0.6) is 5.75 Å². The third-order valence-corrected chi connectivity index (χ3v) is 4.78. The molecule has 20 heavy (non-hydrogen) atoms. The molecule has 3 rings (SSSR count). The number of esters is 1. The van der Waals surface area contributed by atoms with Crippen molar-refractivity contribution in [2.24, 2.45) is 0 Å². The third kappa shape index (κ3) is 1.72. The first kappa shape index (κ1) is 13.9. The zero-order valence-electron chi connectivity index (χ0n) is 11.3. The van der Waals surface area contributed by atoms with E-state index < -0.39 is 11.2 Å². The second kappa shape index (κ2) is 4.74. The van der Waals surface area contributed by atoms with Crippen LogP contribution in [0.25, 0.3) is 0 Å². The zero-order chi connectivity index (χ0) is 14.4. The number of carbonyl (C=O) groups excluding carboxylic acids is 1. The number of hydrogen-bond donors (Lipinski definition) is 1. The van der Waals surface area contributed by atoms with Crippen molar-refractivity contribution in [3.63, 3.8) is 0 Å². The van der Waals surface area contributed by atoms with E-state index in [1.807, 2.05) is 12.1 Å². The maximum Gasteiger partial charge on any atom is 0.323 e. The highest BCUT2D eigenvalue weighted by molar-refractivity contribution is 9.10. The molecule has 0 unspecified atom stereocenters. The molecule has 0 amide bonds. The van der Waals surface area contributed by atoms with Gasteiger partial charge in [-0.05, 0) is 38.0 Å². The summed E-state index contributed by atoms with van der Waals surface area (Å²) < 4.78 is 11.9. The summed E-state index contributed by atoms with van der Waals surface area (Å²) in [4.78, 5) is 12.6. The lowest BCUT2D eigenvalue weighted by molar-refractivity contribution is -0.209. The molecule has 1 saturated carbocycles. The first-order valence-electron chi connectivity index (χ1n) is 6.92. The Morgan fingerprint density at radius 1 is 1.45 bits per heavy atom. The van der Waals surface area contributed by atoms with Crippen molar-refractivity contribution in [2.45, 2.75) is 43.8 Å². The quantitative estimate of drug-likeness (QED) is 0.841. The van der Waals surface area contributed by atoms with Crippen LogP contribution in [-0.4, -0.2) is 23.5 Å². The molecule has 4 nitrogen and oxygen atoms in total. The summed E-state index contributed by atoms with van der Waals surface area (Å²) >= 11 is 3.42. The van der Waals surface area contributed by atoms with Gasteiger partial charge >= 0.3 is 5.97 Å². The van der Waals surface area contributed by atoms with Gasteiger partial charge in [-0.1, -0.05) is 22.4 Å². The fourth-order valence-electron chi connectivity index (χ4n) is 3.38. The smallest absolute Gasteiger partial charge is 0.323 e. The second-order valence-corrected chi connectivity index (χ2v) is 6.28. The van der Waals surface area contributed by atoms with Crippen LogP contribution in [0, 0.1) is 0 Å². The molecule has 1 aromatic rings. The minimum atomic E-state index is -1.49. The van der Waals surface area contributed by atoms with Crippen LogP contribution in [-0.2, 0) is 14.9 Å². The fraction of sp³-hybridized carbons (Fsp3) is 0.533. The lowest BCUT2D eigenvalue weighted by Gasteiger charge is -2.41. The summed E-state index contributed by atoms with van der Waals surface area (Å²) in [7, 11) is 0. The number of aliphatic hydroxyl groups is 1. The average molecular weight is 341 g/mol. The Labute approximate surface area is 126 Å². The molecule has 1 N–H and O–H groups in total. The number of rotatable bonds is 2. The first-order chi connectivity index (χ1) is 9.53. The Hall–Kier alpha value is -1.07. The van der Waals surface area contributed by atoms with Crippen molar-refractivity contribution in [3.8, 4) is 5.75 Å². The summed E-state index contributed by atoms with van der Waals surface area (Å²) in [5.41, 5.74) is -0.368. The lowest BCUT2D eigenvalue weighted by Crippen LogP contribution is -2.58. The van der Waals surface area contributed by atoms with E-state index in [0.717, 1.165) is 22.9 Å². The summed E-state index contributed by atoms with van der Waals surface area (Å²) in [5, 5.41) is 10.9. The minimum absolute atomic E-state index is 0.292. The molecule has 0 spiro atoms. The van der Waals surface area contributed by atoms with Gasteiger partial charge in [-0.15, -0.1) is 0 Å². The molecule has 5 heteroatoms. The van der Waals surface area contributed by atoms with Crippen molar-refractivity contribution in [2.75, 3.05) is 6.61 Å². The Kier molecular flexibility index (Phi) is 3.29. The highest BCUT2D eigenvalue weighted by Gasteiger charge is 2.66. The van der Waals surface area contributed by atoms with Crippen molar-refractivity contribution < 1.29 is 19.4 Å². The fourth-order valence-corrected chi connectivity index (χ4v) is 3.74. The van der Waals surface area contributed by atoms with Gasteiger partial charge in [0.25, 0.3) is 0 Å². The zero-order valence-corrected chi connectivity index (χ0v) is 12.9. The monoisotopic (exact) mass is 340 g/mol. The first-order valence-corrected chi connectivity index (χ1v) is 7.71. The molecule has 108 valence electrons. The van der Waals surface area contributed by atoms with Crippen molar-refractivity contribution in [1.29, 1.82) is 0 Å². The van der Waals surface area contributed by atoms with Crippen LogP contribution in [0.3, 0.4) is 0 Å². The maximum absolute atomic E-state index is 12.6. The number of halogens is 1. The number of fused-ring (bicyclic) bond motifs is 3. The van der Waals surface area contributed by atoms with E-state index in [1.54, 1.807) is 13.0 Å².